The van der Waals surface area contributed by atoms with Crippen LogP contribution in [0.1, 0.15) is 12.5 Å². The maximum absolute atomic E-state index is 12.0. The first kappa shape index (κ1) is 12.3. The van der Waals surface area contributed by atoms with Crippen LogP contribution < -0.4 is 10.6 Å². The molecule has 2 atom stereocenters. The Kier molecular flexibility index (Phi) is 3.94. The Labute approximate surface area is 106 Å². The maximum atomic E-state index is 12.0. The number of hydrogen-bond donors (Lipinski definition) is 2. The van der Waals surface area contributed by atoms with Crippen molar-refractivity contribution in [3.05, 3.63) is 29.8 Å². The van der Waals surface area contributed by atoms with Gasteiger partial charge in [0.05, 0.1) is 0 Å². The summed E-state index contributed by atoms with van der Waals surface area (Å²) in [6, 6.07) is 8.20. The van der Waals surface area contributed by atoms with E-state index in [0.717, 1.165) is 17.9 Å². The van der Waals surface area contributed by atoms with Gasteiger partial charge in [0.1, 0.15) is 6.04 Å². The zero-order valence-electron chi connectivity index (χ0n) is 10.2. The molecular formula is C13H18N2OS. The summed E-state index contributed by atoms with van der Waals surface area (Å²) in [7, 11) is 0. The summed E-state index contributed by atoms with van der Waals surface area (Å²) in [6.07, 6.45) is 2.83. The largest absolute Gasteiger partial charge is 0.373 e. The number of fused-ring (bicyclic) bond motifs is 1. The second-order valence-electron chi connectivity index (χ2n) is 4.42. The van der Waals surface area contributed by atoms with Crippen LogP contribution in [0, 0.1) is 0 Å². The lowest BCUT2D eigenvalue weighted by Gasteiger charge is -2.16. The molecule has 0 aromatic heterocycles. The van der Waals surface area contributed by atoms with Crippen LogP contribution in [-0.2, 0) is 11.2 Å². The van der Waals surface area contributed by atoms with Crippen molar-refractivity contribution in [3.8, 4) is 0 Å². The average Bonchev–Trinajstić information content (AvgIpc) is 2.72. The van der Waals surface area contributed by atoms with Gasteiger partial charge in [-0.3, -0.25) is 4.79 Å². The van der Waals surface area contributed by atoms with Gasteiger partial charge in [-0.1, -0.05) is 18.2 Å². The van der Waals surface area contributed by atoms with Gasteiger partial charge in [-0.15, -0.1) is 0 Å². The van der Waals surface area contributed by atoms with E-state index < -0.39 is 0 Å². The topological polar surface area (TPSA) is 41.1 Å². The number of anilines is 1. The number of nitrogens with one attached hydrogen (secondary N) is 2. The lowest BCUT2D eigenvalue weighted by Crippen LogP contribution is -2.43. The molecule has 0 spiro atoms. The Bertz CT molecular complexity index is 383. The van der Waals surface area contributed by atoms with Crippen LogP contribution in [0.25, 0.3) is 0 Å². The summed E-state index contributed by atoms with van der Waals surface area (Å²) in [5, 5.41) is 6.30. The van der Waals surface area contributed by atoms with Crippen molar-refractivity contribution in [2.45, 2.75) is 25.4 Å². The molecule has 1 aromatic carbocycles. The molecule has 4 heteroatoms. The van der Waals surface area contributed by atoms with Crippen LogP contribution in [-0.4, -0.2) is 30.0 Å². The minimum Gasteiger partial charge on any atom is -0.373 e. The van der Waals surface area contributed by atoms with E-state index in [1.165, 1.54) is 5.56 Å². The van der Waals surface area contributed by atoms with E-state index in [2.05, 4.69) is 16.7 Å². The third kappa shape index (κ3) is 2.94. The summed E-state index contributed by atoms with van der Waals surface area (Å²) in [5.74, 6) is 1.05. The first-order valence-corrected chi connectivity index (χ1v) is 7.24. The predicted octanol–water partition coefficient (Wildman–Crippen LogP) is 1.89. The van der Waals surface area contributed by atoms with Crippen LogP contribution in [0.3, 0.4) is 0 Å². The molecule has 0 fully saturated rings. The summed E-state index contributed by atoms with van der Waals surface area (Å²) < 4.78 is 0. The normalized spacial score (nSPS) is 19.3. The first-order chi connectivity index (χ1) is 8.20. The van der Waals surface area contributed by atoms with E-state index in [4.69, 9.17) is 0 Å². The van der Waals surface area contributed by atoms with E-state index in [1.807, 2.05) is 31.4 Å². The average molecular weight is 250 g/mol. The predicted molar refractivity (Wildman–Crippen MR) is 73.5 cm³/mol. The van der Waals surface area contributed by atoms with Crippen LogP contribution >= 0.6 is 11.8 Å². The molecule has 1 heterocycles. The van der Waals surface area contributed by atoms with E-state index in [-0.39, 0.29) is 18.0 Å². The van der Waals surface area contributed by atoms with Crippen molar-refractivity contribution < 1.29 is 4.79 Å². The number of thioether (sulfide) groups is 1. The highest BCUT2D eigenvalue weighted by atomic mass is 32.2. The van der Waals surface area contributed by atoms with E-state index in [1.54, 1.807) is 11.8 Å². The minimum absolute atomic E-state index is 0.0998. The third-order valence-corrected chi connectivity index (χ3v) is 3.73. The minimum atomic E-state index is -0.114. The van der Waals surface area contributed by atoms with Crippen molar-refractivity contribution in [3.63, 3.8) is 0 Å². The van der Waals surface area contributed by atoms with E-state index in [9.17, 15) is 4.79 Å². The highest BCUT2D eigenvalue weighted by Crippen LogP contribution is 2.25. The van der Waals surface area contributed by atoms with Crippen LogP contribution in [0.4, 0.5) is 5.69 Å². The van der Waals surface area contributed by atoms with Gasteiger partial charge >= 0.3 is 0 Å². The van der Waals surface area contributed by atoms with Gasteiger partial charge in [0.2, 0.25) is 5.91 Å². The Hall–Kier alpha value is -1.16. The number of benzene rings is 1. The molecule has 0 aliphatic carbocycles. The molecule has 0 radical (unpaired) electrons. The Morgan fingerprint density at radius 1 is 1.59 bits per heavy atom. The number of rotatable bonds is 4. The number of hydrogen-bond acceptors (Lipinski definition) is 3. The summed E-state index contributed by atoms with van der Waals surface area (Å²) >= 11 is 1.75. The smallest absolute Gasteiger partial charge is 0.243 e. The summed E-state index contributed by atoms with van der Waals surface area (Å²) in [5.41, 5.74) is 2.32. The fraction of sp³-hybridized carbons (Fsp3) is 0.462. The van der Waals surface area contributed by atoms with Crippen molar-refractivity contribution >= 4 is 23.4 Å². The highest BCUT2D eigenvalue weighted by Gasteiger charge is 2.26. The second kappa shape index (κ2) is 5.45. The number of para-hydroxylation sites is 1. The van der Waals surface area contributed by atoms with E-state index >= 15 is 0 Å². The molecule has 2 N–H and O–H groups in total. The highest BCUT2D eigenvalue weighted by molar-refractivity contribution is 7.98. The standard InChI is InChI=1S/C13H18N2OS/c1-9(8-17-2)14-13(16)12-7-10-5-3-4-6-11(10)15-12/h3-6,9,12,15H,7-8H2,1-2H3,(H,14,16)/t9?,12-/m0/s1. The van der Waals surface area contributed by atoms with Gasteiger partial charge in [-0.25, -0.2) is 0 Å². The number of carbonyl (C=O) groups excluding carboxylic acids is 1. The molecule has 1 amide bonds. The lowest BCUT2D eigenvalue weighted by molar-refractivity contribution is -0.122. The molecule has 3 nitrogen and oxygen atoms in total. The van der Waals surface area contributed by atoms with Gasteiger partial charge in [0.15, 0.2) is 0 Å². The zero-order chi connectivity index (χ0) is 12.3. The molecule has 0 saturated heterocycles. The van der Waals surface area contributed by atoms with Crippen molar-refractivity contribution in [2.75, 3.05) is 17.3 Å². The molecule has 0 saturated carbocycles. The van der Waals surface area contributed by atoms with Crippen molar-refractivity contribution in [1.29, 1.82) is 0 Å². The molecule has 17 heavy (non-hydrogen) atoms. The SMILES string of the molecule is CSCC(C)NC(=O)[C@@H]1Cc2ccccc2N1. The third-order valence-electron chi connectivity index (χ3n) is 2.89. The van der Waals surface area contributed by atoms with Crippen LogP contribution in [0.5, 0.6) is 0 Å². The number of carbonyl (C=O) groups is 1. The maximum Gasteiger partial charge on any atom is 0.243 e. The molecule has 0 bridgehead atoms. The van der Waals surface area contributed by atoms with E-state index in [0.29, 0.717) is 0 Å². The molecule has 1 aromatic rings. The lowest BCUT2D eigenvalue weighted by atomic mass is 10.1. The molecular weight excluding hydrogens is 232 g/mol. The summed E-state index contributed by atoms with van der Waals surface area (Å²) in [4.78, 5) is 12.0. The van der Waals surface area contributed by atoms with Gasteiger partial charge in [-0.05, 0) is 24.8 Å². The molecule has 1 unspecified atom stereocenters. The number of amides is 1. The molecule has 2 rings (SSSR count). The molecule has 92 valence electrons. The molecule has 1 aliphatic rings. The van der Waals surface area contributed by atoms with Crippen molar-refractivity contribution in [1.82, 2.24) is 5.32 Å². The van der Waals surface area contributed by atoms with Gasteiger partial charge in [-0.2, -0.15) is 11.8 Å². The zero-order valence-corrected chi connectivity index (χ0v) is 11.0. The Morgan fingerprint density at radius 2 is 2.35 bits per heavy atom. The monoisotopic (exact) mass is 250 g/mol. The first-order valence-electron chi connectivity index (χ1n) is 5.84. The Morgan fingerprint density at radius 3 is 3.06 bits per heavy atom. The Balaban J connectivity index is 1.92. The second-order valence-corrected chi connectivity index (χ2v) is 5.33. The summed E-state index contributed by atoms with van der Waals surface area (Å²) in [6.45, 7) is 2.04. The van der Waals surface area contributed by atoms with Crippen molar-refractivity contribution in [2.24, 2.45) is 0 Å². The van der Waals surface area contributed by atoms with Gasteiger partial charge in [0.25, 0.3) is 0 Å². The van der Waals surface area contributed by atoms with Gasteiger partial charge in [0, 0.05) is 23.9 Å². The fourth-order valence-corrected chi connectivity index (χ4v) is 2.67. The molecule has 1 aliphatic heterocycles. The fourth-order valence-electron chi connectivity index (χ4n) is 2.09. The quantitative estimate of drug-likeness (QED) is 0.857. The van der Waals surface area contributed by atoms with Crippen LogP contribution in [0.2, 0.25) is 0 Å². The van der Waals surface area contributed by atoms with Crippen LogP contribution in [0.15, 0.2) is 24.3 Å². The van der Waals surface area contributed by atoms with Gasteiger partial charge < -0.3 is 10.6 Å².